The quantitative estimate of drug-likeness (QED) is 0.597. The number of nitrogens with zero attached hydrogens (tertiary/aromatic N) is 1. The van der Waals surface area contributed by atoms with Crippen LogP contribution in [-0.4, -0.2) is 16.5 Å². The van der Waals surface area contributed by atoms with Gasteiger partial charge in [-0.3, -0.25) is 4.79 Å². The van der Waals surface area contributed by atoms with Gasteiger partial charge in [0.15, 0.2) is 0 Å². The Morgan fingerprint density at radius 2 is 2.42 bits per heavy atom. The van der Waals surface area contributed by atoms with Crippen LogP contribution in [-0.2, 0) is 11.2 Å². The Morgan fingerprint density at radius 3 is 3.00 bits per heavy atom. The molecule has 1 heterocycles. The first-order valence-corrected chi connectivity index (χ1v) is 4.46. The van der Waals surface area contributed by atoms with E-state index < -0.39 is 0 Å². The van der Waals surface area contributed by atoms with Gasteiger partial charge in [0.1, 0.15) is 10.9 Å². The molecule has 0 aromatic carbocycles. The number of carbonyl (C=O) groups is 1. The maximum absolute atomic E-state index is 11.0. The molecule has 64 valence electrons. The molecule has 0 amide bonds. The molecule has 0 bridgehead atoms. The van der Waals surface area contributed by atoms with Crippen molar-refractivity contribution in [1.29, 1.82) is 0 Å². The normalized spacial score (nSPS) is 9.83. The van der Waals surface area contributed by atoms with E-state index in [9.17, 15) is 4.79 Å². The molecule has 1 rings (SSSR count). The summed E-state index contributed by atoms with van der Waals surface area (Å²) in [5.41, 5.74) is 0.883. The molecule has 1 aromatic heterocycles. The maximum atomic E-state index is 11.0. The van der Waals surface area contributed by atoms with E-state index in [1.54, 1.807) is 18.3 Å². The number of hydrogen-bond donors (Lipinski definition) is 1. The minimum absolute atomic E-state index is 0.0839. The predicted octanol–water partition coefficient (Wildman–Crippen LogP) is 1.78. The van der Waals surface area contributed by atoms with Crippen LogP contribution in [0.25, 0.3) is 0 Å². The summed E-state index contributed by atoms with van der Waals surface area (Å²) >= 11 is 9.50. The molecule has 1 aromatic rings. The van der Waals surface area contributed by atoms with Crippen molar-refractivity contribution in [2.24, 2.45) is 0 Å². The Labute approximate surface area is 81.4 Å². The van der Waals surface area contributed by atoms with Gasteiger partial charge >= 0.3 is 0 Å². The van der Waals surface area contributed by atoms with E-state index in [1.807, 2.05) is 0 Å². The van der Waals surface area contributed by atoms with Crippen LogP contribution in [0.4, 0.5) is 0 Å². The second-order valence-corrected chi connectivity index (χ2v) is 3.06. The molecule has 0 radical (unpaired) electrons. The van der Waals surface area contributed by atoms with Crippen LogP contribution in [0.15, 0.2) is 18.3 Å². The number of halogens is 1. The Morgan fingerprint density at radius 1 is 1.67 bits per heavy atom. The van der Waals surface area contributed by atoms with Crippen molar-refractivity contribution in [1.82, 2.24) is 4.98 Å². The summed E-state index contributed by atoms with van der Waals surface area (Å²) in [5, 5.41) is 0.416. The van der Waals surface area contributed by atoms with Gasteiger partial charge in [0.25, 0.3) is 0 Å². The fourth-order valence-corrected chi connectivity index (χ4v) is 1.14. The van der Waals surface area contributed by atoms with Crippen molar-refractivity contribution in [3.05, 3.63) is 29.0 Å². The van der Waals surface area contributed by atoms with Crippen molar-refractivity contribution in [3.8, 4) is 0 Å². The van der Waals surface area contributed by atoms with E-state index in [0.29, 0.717) is 11.6 Å². The van der Waals surface area contributed by atoms with Crippen LogP contribution in [0.2, 0.25) is 5.15 Å². The van der Waals surface area contributed by atoms with E-state index in [4.69, 9.17) is 11.6 Å². The van der Waals surface area contributed by atoms with Crippen molar-refractivity contribution in [2.75, 3.05) is 5.75 Å². The Kier molecular flexibility index (Phi) is 3.56. The lowest BCUT2D eigenvalue weighted by Gasteiger charge is -1.97. The zero-order chi connectivity index (χ0) is 8.97. The summed E-state index contributed by atoms with van der Waals surface area (Å²) in [6.07, 6.45) is 1.97. The van der Waals surface area contributed by atoms with Crippen molar-refractivity contribution in [3.63, 3.8) is 0 Å². The number of hydrogen-bond acceptors (Lipinski definition) is 3. The Balaban J connectivity index is 2.69. The van der Waals surface area contributed by atoms with Crippen LogP contribution in [0.3, 0.4) is 0 Å². The topological polar surface area (TPSA) is 30.0 Å². The van der Waals surface area contributed by atoms with E-state index in [-0.39, 0.29) is 11.5 Å². The minimum atomic E-state index is 0.0839. The van der Waals surface area contributed by atoms with Crippen molar-refractivity contribution in [2.45, 2.75) is 6.42 Å². The van der Waals surface area contributed by atoms with Gasteiger partial charge in [-0.05, 0) is 17.7 Å². The zero-order valence-electron chi connectivity index (χ0n) is 6.33. The lowest BCUT2D eigenvalue weighted by Crippen LogP contribution is -2.03. The molecule has 0 aliphatic rings. The third-order valence-corrected chi connectivity index (χ3v) is 1.93. The fourth-order valence-electron chi connectivity index (χ4n) is 0.836. The van der Waals surface area contributed by atoms with E-state index in [0.717, 1.165) is 5.56 Å². The second-order valence-electron chi connectivity index (χ2n) is 2.36. The summed E-state index contributed by atoms with van der Waals surface area (Å²) in [7, 11) is 0. The van der Waals surface area contributed by atoms with Gasteiger partial charge in [-0.15, -0.1) is 0 Å². The standard InChI is InChI=1S/C8H8ClNOS/c9-8-4-6(1-2-10-8)3-7(11)5-12/h1-2,4,12H,3,5H2. The van der Waals surface area contributed by atoms with Crippen molar-refractivity contribution < 1.29 is 4.79 Å². The molecule has 4 heteroatoms. The summed E-state index contributed by atoms with van der Waals surface area (Å²) in [4.78, 5) is 14.8. The number of thiol groups is 1. The highest BCUT2D eigenvalue weighted by molar-refractivity contribution is 7.81. The van der Waals surface area contributed by atoms with Gasteiger partial charge in [0.05, 0.1) is 0 Å². The van der Waals surface area contributed by atoms with Crippen LogP contribution in [0.5, 0.6) is 0 Å². The highest BCUT2D eigenvalue weighted by atomic mass is 35.5. The molecule has 0 aliphatic carbocycles. The first-order chi connectivity index (χ1) is 5.72. The SMILES string of the molecule is O=C(CS)Cc1ccnc(Cl)c1. The van der Waals surface area contributed by atoms with Crippen molar-refractivity contribution >= 4 is 30.0 Å². The van der Waals surface area contributed by atoms with E-state index in [2.05, 4.69) is 17.6 Å². The highest BCUT2D eigenvalue weighted by Gasteiger charge is 2.01. The van der Waals surface area contributed by atoms with E-state index >= 15 is 0 Å². The summed E-state index contributed by atoms with van der Waals surface area (Å²) < 4.78 is 0. The third kappa shape index (κ3) is 2.83. The van der Waals surface area contributed by atoms with Gasteiger partial charge in [-0.2, -0.15) is 12.6 Å². The molecule has 2 nitrogen and oxygen atoms in total. The Hall–Kier alpha value is -0.540. The van der Waals surface area contributed by atoms with E-state index in [1.165, 1.54) is 0 Å². The maximum Gasteiger partial charge on any atom is 0.146 e. The fraction of sp³-hybridized carbons (Fsp3) is 0.250. The molecule has 0 fully saturated rings. The van der Waals surface area contributed by atoms with Gasteiger partial charge < -0.3 is 0 Å². The molecule has 0 atom stereocenters. The number of pyridine rings is 1. The largest absolute Gasteiger partial charge is 0.298 e. The lowest BCUT2D eigenvalue weighted by molar-refractivity contribution is -0.115. The number of carbonyl (C=O) groups excluding carboxylic acids is 1. The number of rotatable bonds is 3. The average molecular weight is 202 g/mol. The average Bonchev–Trinajstić information content (AvgIpc) is 2.04. The molecule has 0 N–H and O–H groups in total. The molecule has 0 saturated heterocycles. The van der Waals surface area contributed by atoms with Gasteiger partial charge in [-0.25, -0.2) is 4.98 Å². The first kappa shape index (κ1) is 9.55. The summed E-state index contributed by atoms with van der Waals surface area (Å²) in [5.74, 6) is 0.348. The highest BCUT2D eigenvalue weighted by Crippen LogP contribution is 2.07. The first-order valence-electron chi connectivity index (χ1n) is 3.45. The zero-order valence-corrected chi connectivity index (χ0v) is 7.98. The van der Waals surface area contributed by atoms with Gasteiger partial charge in [0, 0.05) is 18.4 Å². The molecular weight excluding hydrogens is 194 g/mol. The number of ketones is 1. The minimum Gasteiger partial charge on any atom is -0.298 e. The molecule has 0 saturated carbocycles. The molecule has 12 heavy (non-hydrogen) atoms. The van der Waals surface area contributed by atoms with Gasteiger partial charge in [-0.1, -0.05) is 11.6 Å². The summed E-state index contributed by atoms with van der Waals surface area (Å²) in [6, 6.07) is 3.45. The van der Waals surface area contributed by atoms with Crippen LogP contribution >= 0.6 is 24.2 Å². The number of Topliss-reactive ketones (excluding diaryl/α,β-unsaturated/α-hetero) is 1. The second kappa shape index (κ2) is 4.48. The smallest absolute Gasteiger partial charge is 0.146 e. The predicted molar refractivity (Wildman–Crippen MR) is 51.8 cm³/mol. The van der Waals surface area contributed by atoms with Crippen LogP contribution in [0.1, 0.15) is 5.56 Å². The molecule has 0 unspecified atom stereocenters. The van der Waals surface area contributed by atoms with Gasteiger partial charge in [0.2, 0.25) is 0 Å². The molecule has 0 aliphatic heterocycles. The third-order valence-electron chi connectivity index (χ3n) is 1.37. The van der Waals surface area contributed by atoms with Crippen LogP contribution in [0, 0.1) is 0 Å². The summed E-state index contributed by atoms with van der Waals surface area (Å²) in [6.45, 7) is 0. The molecule has 0 spiro atoms. The monoisotopic (exact) mass is 201 g/mol. The lowest BCUT2D eigenvalue weighted by atomic mass is 10.1. The Bertz CT molecular complexity index is 290. The van der Waals surface area contributed by atoms with Crippen LogP contribution < -0.4 is 0 Å². The molecular formula is C8H8ClNOS. The number of aromatic nitrogens is 1.